The number of nitrogens with zero attached hydrogens (tertiary/aromatic N) is 1. The topological polar surface area (TPSA) is 54.0 Å². The molecule has 1 amide bonds. The van der Waals surface area contributed by atoms with E-state index < -0.39 is 0 Å². The Balaban J connectivity index is 1.45. The van der Waals surface area contributed by atoms with E-state index in [9.17, 15) is 4.79 Å². The van der Waals surface area contributed by atoms with Crippen molar-refractivity contribution in [1.29, 1.82) is 0 Å². The number of rotatable bonds is 5. The number of halogens is 3. The molecule has 1 aromatic heterocycles. The van der Waals surface area contributed by atoms with Crippen molar-refractivity contribution in [3.63, 3.8) is 0 Å². The molecule has 30 heavy (non-hydrogen) atoms. The van der Waals surface area contributed by atoms with Crippen LogP contribution in [0.25, 0.3) is 11.3 Å². The second-order valence-corrected chi connectivity index (χ2v) is 8.47. The molecular formula is C22H14Cl3N3OS. The monoisotopic (exact) mass is 473 g/mol. The number of benzene rings is 3. The summed E-state index contributed by atoms with van der Waals surface area (Å²) in [6.45, 7) is 0. The van der Waals surface area contributed by atoms with Gasteiger partial charge in [-0.2, -0.15) is 0 Å². The van der Waals surface area contributed by atoms with Crippen molar-refractivity contribution in [3.8, 4) is 11.3 Å². The molecule has 0 fully saturated rings. The minimum atomic E-state index is -0.285. The minimum absolute atomic E-state index is 0.285. The van der Waals surface area contributed by atoms with Gasteiger partial charge in [-0.3, -0.25) is 4.79 Å². The average Bonchev–Trinajstić information content (AvgIpc) is 3.18. The fraction of sp³-hybridized carbons (Fsp3) is 0. The smallest absolute Gasteiger partial charge is 0.255 e. The number of aromatic nitrogens is 1. The van der Waals surface area contributed by atoms with E-state index in [1.165, 1.54) is 11.3 Å². The summed E-state index contributed by atoms with van der Waals surface area (Å²) in [5.74, 6) is -0.285. The van der Waals surface area contributed by atoms with Crippen LogP contribution < -0.4 is 10.6 Å². The van der Waals surface area contributed by atoms with Gasteiger partial charge in [-0.15, -0.1) is 11.3 Å². The van der Waals surface area contributed by atoms with Crippen molar-refractivity contribution >= 4 is 68.6 Å². The van der Waals surface area contributed by atoms with E-state index in [1.807, 2.05) is 53.9 Å². The van der Waals surface area contributed by atoms with Gasteiger partial charge in [0.05, 0.1) is 16.4 Å². The van der Waals surface area contributed by atoms with Crippen molar-refractivity contribution in [2.24, 2.45) is 0 Å². The van der Waals surface area contributed by atoms with E-state index >= 15 is 0 Å². The number of anilines is 3. The van der Waals surface area contributed by atoms with E-state index in [1.54, 1.807) is 18.2 Å². The van der Waals surface area contributed by atoms with E-state index in [2.05, 4.69) is 15.6 Å². The van der Waals surface area contributed by atoms with Crippen molar-refractivity contribution in [3.05, 3.63) is 92.7 Å². The summed E-state index contributed by atoms with van der Waals surface area (Å²) < 4.78 is 0. The lowest BCUT2D eigenvalue weighted by molar-refractivity contribution is 0.102. The summed E-state index contributed by atoms with van der Waals surface area (Å²) in [6.07, 6.45) is 0. The summed E-state index contributed by atoms with van der Waals surface area (Å²) in [4.78, 5) is 17.0. The molecule has 2 N–H and O–H groups in total. The third kappa shape index (κ3) is 4.94. The third-order valence-corrected chi connectivity index (χ3v) is 5.71. The highest BCUT2D eigenvalue weighted by Gasteiger charge is 2.10. The van der Waals surface area contributed by atoms with E-state index in [0.29, 0.717) is 26.3 Å². The molecule has 0 spiro atoms. The zero-order valence-electron chi connectivity index (χ0n) is 15.3. The second-order valence-electron chi connectivity index (χ2n) is 6.33. The van der Waals surface area contributed by atoms with Gasteiger partial charge >= 0.3 is 0 Å². The molecular weight excluding hydrogens is 461 g/mol. The SMILES string of the molecule is O=C(Nc1ccc(-c2csc(Nc3ccccc3Cl)n2)cc1)c1cc(Cl)cc(Cl)c1. The summed E-state index contributed by atoms with van der Waals surface area (Å²) >= 11 is 19.6. The van der Waals surface area contributed by atoms with Gasteiger partial charge in [0.1, 0.15) is 0 Å². The number of carbonyl (C=O) groups excluding carboxylic acids is 1. The van der Waals surface area contributed by atoms with Gasteiger partial charge in [0.15, 0.2) is 5.13 Å². The van der Waals surface area contributed by atoms with Gasteiger partial charge in [-0.25, -0.2) is 4.98 Å². The first-order valence-electron chi connectivity index (χ1n) is 8.83. The Bertz CT molecular complexity index is 1190. The lowest BCUT2D eigenvalue weighted by Crippen LogP contribution is -2.11. The van der Waals surface area contributed by atoms with Gasteiger partial charge in [-0.1, -0.05) is 59.1 Å². The number of thiazole rings is 1. The summed E-state index contributed by atoms with van der Waals surface area (Å²) in [5.41, 5.74) is 3.62. The van der Waals surface area contributed by atoms with Crippen LogP contribution in [0, 0.1) is 0 Å². The van der Waals surface area contributed by atoms with Gasteiger partial charge in [-0.05, 0) is 42.5 Å². The summed E-state index contributed by atoms with van der Waals surface area (Å²) in [7, 11) is 0. The Morgan fingerprint density at radius 3 is 2.30 bits per heavy atom. The first kappa shape index (κ1) is 20.7. The van der Waals surface area contributed by atoms with Crippen LogP contribution in [0.3, 0.4) is 0 Å². The fourth-order valence-electron chi connectivity index (χ4n) is 2.75. The van der Waals surface area contributed by atoms with Crippen LogP contribution in [0.15, 0.2) is 72.1 Å². The van der Waals surface area contributed by atoms with Crippen molar-refractivity contribution in [2.75, 3.05) is 10.6 Å². The minimum Gasteiger partial charge on any atom is -0.330 e. The zero-order valence-corrected chi connectivity index (χ0v) is 18.4. The van der Waals surface area contributed by atoms with E-state index in [-0.39, 0.29) is 5.91 Å². The molecule has 4 aromatic rings. The zero-order chi connectivity index (χ0) is 21.1. The van der Waals surface area contributed by atoms with Crippen LogP contribution in [0.2, 0.25) is 15.1 Å². The maximum absolute atomic E-state index is 12.4. The third-order valence-electron chi connectivity index (χ3n) is 4.18. The highest BCUT2D eigenvalue weighted by atomic mass is 35.5. The van der Waals surface area contributed by atoms with Gasteiger partial charge in [0.2, 0.25) is 0 Å². The number of amides is 1. The van der Waals surface area contributed by atoms with Crippen LogP contribution in [0.1, 0.15) is 10.4 Å². The standard InChI is InChI=1S/C22H14Cl3N3OS/c23-15-9-14(10-16(24)11-15)21(29)26-17-7-5-13(6-8-17)20-12-30-22(28-20)27-19-4-2-1-3-18(19)25/h1-12H,(H,26,29)(H,27,28). The highest BCUT2D eigenvalue weighted by Crippen LogP contribution is 2.30. The largest absolute Gasteiger partial charge is 0.330 e. The lowest BCUT2D eigenvalue weighted by atomic mass is 10.1. The van der Waals surface area contributed by atoms with Gasteiger partial charge < -0.3 is 10.6 Å². The van der Waals surface area contributed by atoms with Crippen LogP contribution in [-0.4, -0.2) is 10.9 Å². The molecule has 0 aliphatic rings. The first-order chi connectivity index (χ1) is 14.5. The summed E-state index contributed by atoms with van der Waals surface area (Å²) in [5, 5.41) is 10.2. The van der Waals surface area contributed by atoms with E-state index in [0.717, 1.165) is 22.1 Å². The molecule has 3 aromatic carbocycles. The maximum atomic E-state index is 12.4. The van der Waals surface area contributed by atoms with Crippen molar-refractivity contribution in [1.82, 2.24) is 4.98 Å². The number of para-hydroxylation sites is 1. The molecule has 1 heterocycles. The molecule has 0 unspecified atom stereocenters. The van der Waals surface area contributed by atoms with Crippen molar-refractivity contribution in [2.45, 2.75) is 0 Å². The Labute approximate surface area is 192 Å². The molecule has 0 radical (unpaired) electrons. The molecule has 8 heteroatoms. The first-order valence-corrected chi connectivity index (χ1v) is 10.8. The Kier molecular flexibility index (Phi) is 6.25. The molecule has 150 valence electrons. The molecule has 4 nitrogen and oxygen atoms in total. The average molecular weight is 475 g/mol. The molecule has 0 aliphatic heterocycles. The molecule has 0 saturated heterocycles. The summed E-state index contributed by atoms with van der Waals surface area (Å²) in [6, 6.07) is 19.7. The molecule has 4 rings (SSSR count). The number of hydrogen-bond acceptors (Lipinski definition) is 4. The predicted octanol–water partition coefficient (Wildman–Crippen LogP) is 7.77. The van der Waals surface area contributed by atoms with Crippen LogP contribution in [0.5, 0.6) is 0 Å². The fourth-order valence-corrected chi connectivity index (χ4v) is 4.20. The highest BCUT2D eigenvalue weighted by molar-refractivity contribution is 7.14. The number of carbonyl (C=O) groups is 1. The van der Waals surface area contributed by atoms with E-state index in [4.69, 9.17) is 34.8 Å². The number of hydrogen-bond donors (Lipinski definition) is 2. The van der Waals surface area contributed by atoms with Crippen LogP contribution in [0.4, 0.5) is 16.5 Å². The molecule has 0 bridgehead atoms. The van der Waals surface area contributed by atoms with Gasteiger partial charge in [0.25, 0.3) is 5.91 Å². The Hall–Kier alpha value is -2.57. The van der Waals surface area contributed by atoms with Crippen LogP contribution >= 0.6 is 46.1 Å². The van der Waals surface area contributed by atoms with Crippen LogP contribution in [-0.2, 0) is 0 Å². The molecule has 0 saturated carbocycles. The number of nitrogens with one attached hydrogen (secondary N) is 2. The Morgan fingerprint density at radius 2 is 1.60 bits per heavy atom. The lowest BCUT2D eigenvalue weighted by Gasteiger charge is -2.07. The predicted molar refractivity (Wildman–Crippen MR) is 127 cm³/mol. The maximum Gasteiger partial charge on any atom is 0.255 e. The molecule has 0 aliphatic carbocycles. The quantitative estimate of drug-likeness (QED) is 0.311. The van der Waals surface area contributed by atoms with Crippen molar-refractivity contribution < 1.29 is 4.79 Å². The normalized spacial score (nSPS) is 10.6. The van der Waals surface area contributed by atoms with Gasteiger partial charge in [0, 0.05) is 32.2 Å². The second kappa shape index (κ2) is 9.06. The Morgan fingerprint density at radius 1 is 0.900 bits per heavy atom. The molecule has 0 atom stereocenters.